The number of carbonyl (C=O) groups excluding carboxylic acids is 2. The molecule has 2 aliphatic rings. The van der Waals surface area contributed by atoms with E-state index < -0.39 is 80.5 Å². The second-order valence-corrected chi connectivity index (χ2v) is 10.8. The monoisotopic (exact) mass is 734 g/mol. The van der Waals surface area contributed by atoms with Crippen LogP contribution in [0.3, 0.4) is 0 Å². The number of phenols is 2. The van der Waals surface area contributed by atoms with Gasteiger partial charge in [0.25, 0.3) is 0 Å². The van der Waals surface area contributed by atoms with Gasteiger partial charge in [0.1, 0.15) is 60.3 Å². The Labute approximate surface area is 297 Å². The van der Waals surface area contributed by atoms with Crippen LogP contribution >= 0.6 is 0 Å². The Balaban J connectivity index is 0.000000758. The highest BCUT2D eigenvalue weighted by atomic mass is 16.6. The molecule has 0 aromatic heterocycles. The highest BCUT2D eigenvalue weighted by molar-refractivity contribution is 5.97. The van der Waals surface area contributed by atoms with Gasteiger partial charge in [-0.05, 0) is 43.3 Å². The van der Waals surface area contributed by atoms with Gasteiger partial charge in [0.05, 0.1) is 26.3 Å². The van der Waals surface area contributed by atoms with Crippen molar-refractivity contribution in [1.29, 1.82) is 0 Å². The Hall–Kier alpha value is -3.66. The molecule has 0 bridgehead atoms. The van der Waals surface area contributed by atoms with Crippen molar-refractivity contribution in [3.8, 4) is 11.5 Å². The second kappa shape index (κ2) is 23.7. The van der Waals surface area contributed by atoms with Gasteiger partial charge in [0, 0.05) is 11.4 Å². The number of nitrogen functional groups attached to an aromatic ring is 2. The molecule has 292 valence electrons. The number of Topliss-reactive ketones (excluding diaryl/α,β-unsaturated/α-hetero) is 1. The van der Waals surface area contributed by atoms with Crippen LogP contribution in [-0.2, 0) is 14.2 Å². The van der Waals surface area contributed by atoms with Crippen LogP contribution in [0.4, 0.5) is 11.4 Å². The Kier molecular flexibility index (Phi) is 22.0. The minimum Gasteiger partial charge on any atom is -0.507 e. The molecule has 51 heavy (non-hydrogen) atoms. The van der Waals surface area contributed by atoms with Gasteiger partial charge in [-0.3, -0.25) is 4.79 Å². The third-order valence-corrected chi connectivity index (χ3v) is 7.51. The molecular weight excluding hydrogens is 676 g/mol. The molecule has 0 saturated carbocycles. The Morgan fingerprint density at radius 2 is 1.10 bits per heavy atom. The van der Waals surface area contributed by atoms with Crippen LogP contribution in [0.2, 0.25) is 0 Å². The molecule has 17 N–H and O–H groups in total. The molecule has 0 radical (unpaired) electrons. The fourth-order valence-electron chi connectivity index (χ4n) is 4.73. The minimum atomic E-state index is -1.33. The Morgan fingerprint density at radius 3 is 1.49 bits per heavy atom. The van der Waals surface area contributed by atoms with Crippen molar-refractivity contribution >= 4 is 23.1 Å². The van der Waals surface area contributed by atoms with E-state index in [2.05, 4.69) is 0 Å². The standard InChI is InChI=1S/C14H20N2O7.C8H9NO2.C7H15NO5.2C2H6/c1-16-10-12(19)11(18)9(23-14(10)21)5-22-13(20)7-4-6(15)2-3-8(7)17;1-5(10)7-4-6(9)2-3-8(7)11;1-8-4-6(11)5(10)3(2-9)13-7(4)12;2*1-2/h2-4,9-12,14,16-19,21H,5,15H2,1H3;2-4,11H,9H2,1H3;3-12H,2H2,1H3;2*1-2H3/p+2/t9?,10?,11-,12+,14-;;3?,4?,5-,6+,7-;;/m1.1../s1. The topological polar surface area (TPSA) is 329 Å². The number of phenolic OH excluding ortho intramolecular Hbond substituents is 2. The summed E-state index contributed by atoms with van der Waals surface area (Å²) in [6.07, 6.45) is -9.32. The first-order valence-electron chi connectivity index (χ1n) is 16.5. The molecule has 0 amide bonds. The lowest BCUT2D eigenvalue weighted by molar-refractivity contribution is -0.694. The summed E-state index contributed by atoms with van der Waals surface area (Å²) in [5, 5.41) is 88.4. The summed E-state index contributed by atoms with van der Waals surface area (Å²) in [5.41, 5.74) is 11.8. The van der Waals surface area contributed by atoms with Crippen molar-refractivity contribution in [3.05, 3.63) is 47.5 Å². The predicted octanol–water partition coefficient (Wildman–Crippen LogP) is -3.66. The van der Waals surface area contributed by atoms with Crippen LogP contribution in [0.15, 0.2) is 36.4 Å². The highest BCUT2D eigenvalue weighted by Crippen LogP contribution is 2.23. The highest BCUT2D eigenvalue weighted by Gasteiger charge is 2.46. The molecule has 18 nitrogen and oxygen atoms in total. The lowest BCUT2D eigenvalue weighted by Gasteiger charge is -2.38. The van der Waals surface area contributed by atoms with Crippen molar-refractivity contribution in [2.24, 2.45) is 0 Å². The maximum Gasteiger partial charge on any atom is 0.342 e. The van der Waals surface area contributed by atoms with E-state index in [4.69, 9.17) is 35.9 Å². The maximum absolute atomic E-state index is 11.9. The first kappa shape index (κ1) is 47.3. The quantitative estimate of drug-likeness (QED) is 0.0564. The number of likely N-dealkylation sites (N-methyl/N-ethyl adjacent to an activating group) is 2. The molecule has 2 aromatic rings. The molecule has 4 unspecified atom stereocenters. The van der Waals surface area contributed by atoms with Crippen LogP contribution in [0.5, 0.6) is 11.5 Å². The van der Waals surface area contributed by atoms with Crippen molar-refractivity contribution in [1.82, 2.24) is 0 Å². The minimum absolute atomic E-state index is 0.0216. The van der Waals surface area contributed by atoms with Gasteiger partial charge in [-0.2, -0.15) is 0 Å². The number of carbonyl (C=O) groups is 2. The van der Waals surface area contributed by atoms with Crippen LogP contribution in [0.25, 0.3) is 0 Å². The van der Waals surface area contributed by atoms with Gasteiger partial charge in [-0.25, -0.2) is 4.79 Å². The molecule has 2 aromatic carbocycles. The molecule has 2 heterocycles. The first-order chi connectivity index (χ1) is 24.1. The van der Waals surface area contributed by atoms with Crippen molar-refractivity contribution in [3.63, 3.8) is 0 Å². The number of esters is 1. The normalized spacial score (nSPS) is 28.0. The zero-order valence-corrected chi connectivity index (χ0v) is 30.0. The molecule has 0 spiro atoms. The van der Waals surface area contributed by atoms with Gasteiger partial charge >= 0.3 is 5.97 Å². The van der Waals surface area contributed by atoms with Gasteiger partial charge in [0.2, 0.25) is 12.6 Å². The van der Waals surface area contributed by atoms with Crippen LogP contribution in [0, 0.1) is 0 Å². The van der Waals surface area contributed by atoms with E-state index in [-0.39, 0.29) is 34.1 Å². The number of aromatic hydroxyl groups is 2. The summed E-state index contributed by atoms with van der Waals surface area (Å²) >= 11 is 0. The van der Waals surface area contributed by atoms with Crippen molar-refractivity contribution in [2.75, 3.05) is 38.8 Å². The molecule has 2 fully saturated rings. The zero-order valence-electron chi connectivity index (χ0n) is 30.0. The Morgan fingerprint density at radius 1 is 0.706 bits per heavy atom. The molecular formula is C33H58N4O14+2. The second-order valence-electron chi connectivity index (χ2n) is 10.8. The molecule has 18 heteroatoms. The number of aliphatic hydroxyl groups excluding tert-OH is 7. The van der Waals surface area contributed by atoms with E-state index in [1.807, 2.05) is 27.7 Å². The first-order valence-corrected chi connectivity index (χ1v) is 16.5. The third kappa shape index (κ3) is 13.8. The molecule has 2 saturated heterocycles. The number of anilines is 2. The summed E-state index contributed by atoms with van der Waals surface area (Å²) in [6, 6.07) is 6.99. The summed E-state index contributed by atoms with van der Waals surface area (Å²) in [5.74, 6) is -1.37. The number of rotatable bonds is 7. The number of aliphatic hydroxyl groups is 7. The summed E-state index contributed by atoms with van der Waals surface area (Å²) < 4.78 is 15.0. The number of hydrogen-bond donors (Lipinski definition) is 13. The maximum atomic E-state index is 11.9. The Bertz CT molecular complexity index is 1320. The predicted molar refractivity (Wildman–Crippen MR) is 184 cm³/mol. The number of nitrogens with two attached hydrogens (primary N) is 4. The number of ether oxygens (including phenoxy) is 3. The molecule has 0 aliphatic carbocycles. The number of benzene rings is 2. The van der Waals surface area contributed by atoms with E-state index in [1.165, 1.54) is 42.6 Å². The van der Waals surface area contributed by atoms with E-state index in [9.17, 15) is 45.3 Å². The van der Waals surface area contributed by atoms with Gasteiger partial charge in [-0.1, -0.05) is 27.7 Å². The summed E-state index contributed by atoms with van der Waals surface area (Å²) in [7, 11) is 3.28. The lowest BCUT2D eigenvalue weighted by Crippen LogP contribution is -2.94. The average molecular weight is 735 g/mol. The lowest BCUT2D eigenvalue weighted by atomic mass is 9.97. The van der Waals surface area contributed by atoms with Gasteiger partial charge in [0.15, 0.2) is 17.9 Å². The summed E-state index contributed by atoms with van der Waals surface area (Å²) in [6.45, 7) is 8.55. The number of quaternary nitrogens is 2. The fraction of sp³-hybridized carbons (Fsp3) is 0.576. The van der Waals surface area contributed by atoms with E-state index in [0.717, 1.165) is 0 Å². The third-order valence-electron chi connectivity index (χ3n) is 7.51. The van der Waals surface area contributed by atoms with E-state index in [1.54, 1.807) is 25.5 Å². The number of ketones is 1. The SMILES string of the molecule is CC.CC.CC(=O)c1cc(N)ccc1O.C[NH2+]C1[C@H](O)OC(CO)[C@@H](O)[C@H]1O.C[NH2+]C1[C@H](O)OC(COC(=O)c2cc(N)ccc2O)[C@@H](O)[C@H]1O. The largest absolute Gasteiger partial charge is 0.507 e. The molecule has 4 rings (SSSR count). The van der Waals surface area contributed by atoms with Crippen molar-refractivity contribution in [2.45, 2.75) is 95.9 Å². The van der Waals surface area contributed by atoms with Crippen LogP contribution in [0.1, 0.15) is 55.3 Å². The van der Waals surface area contributed by atoms with Gasteiger partial charge < -0.3 is 82.3 Å². The summed E-state index contributed by atoms with van der Waals surface area (Å²) in [4.78, 5) is 22.7. The van der Waals surface area contributed by atoms with E-state index in [0.29, 0.717) is 5.69 Å². The molecule has 10 atom stereocenters. The molecule has 2 aliphatic heterocycles. The van der Waals surface area contributed by atoms with Crippen LogP contribution < -0.4 is 22.1 Å². The van der Waals surface area contributed by atoms with Crippen molar-refractivity contribution < 1.29 is 80.4 Å². The smallest absolute Gasteiger partial charge is 0.342 e. The average Bonchev–Trinajstić information content (AvgIpc) is 3.12. The zero-order chi connectivity index (χ0) is 39.6. The number of hydrogen-bond acceptors (Lipinski definition) is 16. The fourth-order valence-corrected chi connectivity index (χ4v) is 4.73. The van der Waals surface area contributed by atoms with Gasteiger partial charge in [-0.15, -0.1) is 0 Å². The van der Waals surface area contributed by atoms with E-state index >= 15 is 0 Å². The van der Waals surface area contributed by atoms with Crippen LogP contribution in [-0.4, -0.2) is 146 Å².